The second-order valence-electron chi connectivity index (χ2n) is 2.38. The lowest BCUT2D eigenvalue weighted by molar-refractivity contribution is 0.897. The zero-order valence-electron chi connectivity index (χ0n) is 7.42. The number of rotatable bonds is 2. The molecule has 0 amide bonds. The van der Waals surface area contributed by atoms with Crippen molar-refractivity contribution in [1.29, 1.82) is 5.26 Å². The van der Waals surface area contributed by atoms with Gasteiger partial charge in [-0.1, -0.05) is 18.7 Å². The van der Waals surface area contributed by atoms with Crippen LogP contribution >= 0.6 is 11.8 Å². The van der Waals surface area contributed by atoms with Gasteiger partial charge in [-0.25, -0.2) is 4.98 Å². The van der Waals surface area contributed by atoms with Gasteiger partial charge in [0.15, 0.2) is 5.16 Å². The minimum Gasteiger partial charge on any atom is -0.300 e. The lowest BCUT2D eigenvalue weighted by Gasteiger charge is -1.99. The Morgan fingerprint density at radius 2 is 2.38 bits per heavy atom. The van der Waals surface area contributed by atoms with Crippen LogP contribution in [-0.4, -0.2) is 15.7 Å². The molecule has 0 aliphatic heterocycles. The Balaban J connectivity index is 3.23. The van der Waals surface area contributed by atoms with E-state index in [4.69, 9.17) is 5.26 Å². The van der Waals surface area contributed by atoms with Crippen LogP contribution in [0.1, 0.15) is 18.2 Å². The standard InChI is InChI=1S/C8H9N3OS/c1-3-13-8-10-5(2)6(4-9)7(12)11-8/h3H2,1-2H3,(H,10,11,12). The monoisotopic (exact) mass is 195 g/mol. The molecule has 1 aromatic rings. The molecule has 0 atom stereocenters. The zero-order chi connectivity index (χ0) is 9.84. The molecule has 0 aliphatic carbocycles. The van der Waals surface area contributed by atoms with Crippen molar-refractivity contribution in [3.05, 3.63) is 21.6 Å². The molecule has 13 heavy (non-hydrogen) atoms. The fraction of sp³-hybridized carbons (Fsp3) is 0.375. The number of nitrogens with one attached hydrogen (secondary N) is 1. The summed E-state index contributed by atoms with van der Waals surface area (Å²) in [6, 6.07) is 1.82. The maximum absolute atomic E-state index is 11.2. The number of H-pyrrole nitrogens is 1. The topological polar surface area (TPSA) is 69.5 Å². The van der Waals surface area contributed by atoms with Crippen molar-refractivity contribution in [1.82, 2.24) is 9.97 Å². The van der Waals surface area contributed by atoms with Gasteiger partial charge >= 0.3 is 0 Å². The Kier molecular flexibility index (Phi) is 3.09. The number of nitrogens with zero attached hydrogens (tertiary/aromatic N) is 2. The van der Waals surface area contributed by atoms with Crippen LogP contribution in [0.15, 0.2) is 9.95 Å². The van der Waals surface area contributed by atoms with E-state index in [0.29, 0.717) is 10.9 Å². The van der Waals surface area contributed by atoms with E-state index >= 15 is 0 Å². The molecule has 68 valence electrons. The Morgan fingerprint density at radius 1 is 1.69 bits per heavy atom. The first kappa shape index (κ1) is 9.81. The first-order chi connectivity index (χ1) is 6.19. The molecule has 0 fully saturated rings. The summed E-state index contributed by atoms with van der Waals surface area (Å²) in [7, 11) is 0. The molecular formula is C8H9N3OS. The molecule has 4 nitrogen and oxygen atoms in total. The van der Waals surface area contributed by atoms with Crippen molar-refractivity contribution >= 4 is 11.8 Å². The number of thioether (sulfide) groups is 1. The quantitative estimate of drug-likeness (QED) is 0.566. The van der Waals surface area contributed by atoms with E-state index in [2.05, 4.69) is 9.97 Å². The third-order valence-corrected chi connectivity index (χ3v) is 2.23. The fourth-order valence-corrected chi connectivity index (χ4v) is 1.54. The smallest absolute Gasteiger partial charge is 0.269 e. The van der Waals surface area contributed by atoms with Gasteiger partial charge in [-0.3, -0.25) is 4.79 Å². The van der Waals surface area contributed by atoms with Gasteiger partial charge in [0.1, 0.15) is 11.6 Å². The van der Waals surface area contributed by atoms with Crippen LogP contribution in [0.2, 0.25) is 0 Å². The summed E-state index contributed by atoms with van der Waals surface area (Å²) in [6.07, 6.45) is 0. The van der Waals surface area contributed by atoms with Gasteiger partial charge in [-0.15, -0.1) is 0 Å². The van der Waals surface area contributed by atoms with Crippen LogP contribution in [-0.2, 0) is 0 Å². The van der Waals surface area contributed by atoms with E-state index < -0.39 is 0 Å². The summed E-state index contributed by atoms with van der Waals surface area (Å²) in [5.41, 5.74) is 0.230. The van der Waals surface area contributed by atoms with Crippen molar-refractivity contribution in [2.24, 2.45) is 0 Å². The van der Waals surface area contributed by atoms with E-state index in [1.54, 1.807) is 6.92 Å². The molecule has 0 saturated heterocycles. The normalized spacial score (nSPS) is 9.62. The van der Waals surface area contributed by atoms with Gasteiger partial charge < -0.3 is 4.98 Å². The predicted octanol–water partition coefficient (Wildman–Crippen LogP) is 1.06. The minimum atomic E-state index is -0.356. The van der Waals surface area contributed by atoms with Crippen molar-refractivity contribution in [3.8, 4) is 6.07 Å². The highest BCUT2D eigenvalue weighted by Gasteiger charge is 2.06. The van der Waals surface area contributed by atoms with Gasteiger partial charge in [0.25, 0.3) is 5.56 Å². The average Bonchev–Trinajstić information content (AvgIpc) is 2.04. The zero-order valence-corrected chi connectivity index (χ0v) is 8.23. The van der Waals surface area contributed by atoms with Crippen molar-refractivity contribution in [3.63, 3.8) is 0 Å². The summed E-state index contributed by atoms with van der Waals surface area (Å²) in [4.78, 5) is 17.9. The van der Waals surface area contributed by atoms with Crippen LogP contribution in [0.5, 0.6) is 0 Å². The molecule has 0 aromatic carbocycles. The summed E-state index contributed by atoms with van der Waals surface area (Å²) in [6.45, 7) is 3.63. The summed E-state index contributed by atoms with van der Waals surface area (Å²) >= 11 is 1.45. The lowest BCUT2D eigenvalue weighted by atomic mass is 10.3. The molecule has 5 heteroatoms. The van der Waals surface area contributed by atoms with E-state index in [1.807, 2.05) is 13.0 Å². The Morgan fingerprint density at radius 3 is 2.85 bits per heavy atom. The molecule has 0 aliphatic rings. The van der Waals surface area contributed by atoms with Crippen molar-refractivity contribution in [2.75, 3.05) is 5.75 Å². The SMILES string of the molecule is CCSc1nc(C)c(C#N)c(=O)[nH]1. The molecule has 1 N–H and O–H groups in total. The molecule has 1 heterocycles. The molecule has 0 bridgehead atoms. The maximum Gasteiger partial charge on any atom is 0.269 e. The molecule has 1 aromatic heterocycles. The van der Waals surface area contributed by atoms with Crippen molar-refractivity contribution < 1.29 is 0 Å². The molecule has 0 spiro atoms. The van der Waals surface area contributed by atoms with Gasteiger partial charge in [0.05, 0.1) is 5.69 Å². The minimum absolute atomic E-state index is 0.0976. The largest absolute Gasteiger partial charge is 0.300 e. The first-order valence-corrected chi connectivity index (χ1v) is 4.81. The van der Waals surface area contributed by atoms with E-state index in [0.717, 1.165) is 5.75 Å². The Hall–Kier alpha value is -1.28. The first-order valence-electron chi connectivity index (χ1n) is 3.82. The molecular weight excluding hydrogens is 186 g/mol. The number of hydrogen-bond donors (Lipinski definition) is 1. The Bertz CT molecular complexity index is 405. The van der Waals surface area contributed by atoms with Crippen LogP contribution in [0.4, 0.5) is 0 Å². The maximum atomic E-state index is 11.2. The van der Waals surface area contributed by atoms with Gasteiger partial charge in [-0.05, 0) is 12.7 Å². The summed E-state index contributed by atoms with van der Waals surface area (Å²) in [5, 5.41) is 9.18. The number of nitriles is 1. The summed E-state index contributed by atoms with van der Waals surface area (Å²) in [5.74, 6) is 0.842. The van der Waals surface area contributed by atoms with E-state index in [9.17, 15) is 4.79 Å². The van der Waals surface area contributed by atoms with E-state index in [-0.39, 0.29) is 11.1 Å². The van der Waals surface area contributed by atoms with Gasteiger partial charge in [0.2, 0.25) is 0 Å². The summed E-state index contributed by atoms with van der Waals surface area (Å²) < 4.78 is 0. The number of aromatic nitrogens is 2. The highest BCUT2D eigenvalue weighted by Crippen LogP contribution is 2.10. The predicted molar refractivity (Wildman–Crippen MR) is 50.7 cm³/mol. The molecule has 0 unspecified atom stereocenters. The van der Waals surface area contributed by atoms with Gasteiger partial charge in [0, 0.05) is 0 Å². The number of aromatic amines is 1. The second-order valence-corrected chi connectivity index (χ2v) is 3.63. The molecule has 0 radical (unpaired) electrons. The Labute approximate surface area is 80.0 Å². The van der Waals surface area contributed by atoms with E-state index in [1.165, 1.54) is 11.8 Å². The van der Waals surface area contributed by atoms with Crippen LogP contribution in [0.25, 0.3) is 0 Å². The second kappa shape index (κ2) is 4.10. The van der Waals surface area contributed by atoms with Gasteiger partial charge in [-0.2, -0.15) is 5.26 Å². The fourth-order valence-electron chi connectivity index (χ4n) is 0.897. The highest BCUT2D eigenvalue weighted by molar-refractivity contribution is 7.99. The molecule has 0 saturated carbocycles. The van der Waals surface area contributed by atoms with Crippen LogP contribution in [0.3, 0.4) is 0 Å². The average molecular weight is 195 g/mol. The highest BCUT2D eigenvalue weighted by atomic mass is 32.2. The van der Waals surface area contributed by atoms with Crippen molar-refractivity contribution in [2.45, 2.75) is 19.0 Å². The number of aryl methyl sites for hydroxylation is 1. The molecule has 1 rings (SSSR count). The van der Waals surface area contributed by atoms with Crippen LogP contribution in [0, 0.1) is 18.3 Å². The van der Waals surface area contributed by atoms with Crippen LogP contribution < -0.4 is 5.56 Å². The number of hydrogen-bond acceptors (Lipinski definition) is 4. The third-order valence-electron chi connectivity index (χ3n) is 1.47. The lowest BCUT2D eigenvalue weighted by Crippen LogP contribution is -2.14. The third kappa shape index (κ3) is 2.10.